The zero-order chi connectivity index (χ0) is 20.1. The van der Waals surface area contributed by atoms with Crippen LogP contribution in [-0.2, 0) is 4.79 Å². The third kappa shape index (κ3) is 5.60. The van der Waals surface area contributed by atoms with Crippen LogP contribution in [-0.4, -0.2) is 44.3 Å². The van der Waals surface area contributed by atoms with Gasteiger partial charge in [0.05, 0.1) is 11.4 Å². The number of carbonyl (C=O) groups excluding carboxylic acids is 1. The number of nitrogens with one attached hydrogen (secondary N) is 1. The summed E-state index contributed by atoms with van der Waals surface area (Å²) in [6, 6.07) is 5.36. The Bertz CT molecular complexity index is 797. The highest BCUT2D eigenvalue weighted by atomic mass is 32.2. The SMILES string of the molecule is C[C@@H]1CCCC[C@H]1NC(=O)CSc1nnnn1-c1ccc(OC(F)(F)F)cc1. The predicted molar refractivity (Wildman–Crippen MR) is 96.1 cm³/mol. The molecule has 1 aliphatic carbocycles. The Labute approximate surface area is 164 Å². The van der Waals surface area contributed by atoms with Gasteiger partial charge in [-0.3, -0.25) is 4.79 Å². The Hall–Kier alpha value is -2.30. The molecule has 7 nitrogen and oxygen atoms in total. The van der Waals surface area contributed by atoms with Gasteiger partial charge in [0.25, 0.3) is 0 Å². The van der Waals surface area contributed by atoms with E-state index in [1.807, 2.05) is 0 Å². The first kappa shape index (κ1) is 20.4. The van der Waals surface area contributed by atoms with E-state index < -0.39 is 6.36 Å². The summed E-state index contributed by atoms with van der Waals surface area (Å²) in [5.74, 6) is 0.191. The van der Waals surface area contributed by atoms with E-state index in [-0.39, 0.29) is 23.5 Å². The molecule has 1 N–H and O–H groups in total. The van der Waals surface area contributed by atoms with Crippen LogP contribution in [0, 0.1) is 5.92 Å². The van der Waals surface area contributed by atoms with Gasteiger partial charge in [-0.2, -0.15) is 4.68 Å². The van der Waals surface area contributed by atoms with Gasteiger partial charge < -0.3 is 10.1 Å². The lowest BCUT2D eigenvalue weighted by Gasteiger charge is -2.29. The molecule has 1 aromatic heterocycles. The van der Waals surface area contributed by atoms with Crippen LogP contribution < -0.4 is 10.1 Å². The summed E-state index contributed by atoms with van der Waals surface area (Å²) in [7, 11) is 0. The molecule has 3 rings (SSSR count). The molecule has 0 spiro atoms. The lowest BCUT2D eigenvalue weighted by Crippen LogP contribution is -2.41. The smallest absolute Gasteiger partial charge is 0.406 e. The Morgan fingerprint density at radius 1 is 1.29 bits per heavy atom. The van der Waals surface area contributed by atoms with Gasteiger partial charge >= 0.3 is 6.36 Å². The highest BCUT2D eigenvalue weighted by Gasteiger charge is 2.31. The third-order valence-corrected chi connectivity index (χ3v) is 5.47. The first-order valence-electron chi connectivity index (χ1n) is 8.88. The molecule has 1 heterocycles. The summed E-state index contributed by atoms with van der Waals surface area (Å²) in [6.07, 6.45) is -0.328. The van der Waals surface area contributed by atoms with Gasteiger partial charge in [0.15, 0.2) is 0 Å². The van der Waals surface area contributed by atoms with E-state index in [4.69, 9.17) is 0 Å². The van der Waals surface area contributed by atoms with Crippen LogP contribution in [0.5, 0.6) is 5.75 Å². The number of hydrogen-bond acceptors (Lipinski definition) is 6. The number of halogens is 3. The number of ether oxygens (including phenoxy) is 1. The number of thioether (sulfide) groups is 1. The van der Waals surface area contributed by atoms with Crippen LogP contribution >= 0.6 is 11.8 Å². The molecule has 0 bridgehead atoms. The van der Waals surface area contributed by atoms with Crippen molar-refractivity contribution in [2.24, 2.45) is 5.92 Å². The monoisotopic (exact) mass is 415 g/mol. The predicted octanol–water partition coefficient (Wildman–Crippen LogP) is 3.35. The average Bonchev–Trinajstić information content (AvgIpc) is 3.10. The standard InChI is InChI=1S/C17H20F3N5O2S/c1-11-4-2-3-5-14(11)21-15(26)10-28-16-22-23-24-25(16)12-6-8-13(9-7-12)27-17(18,19)20/h6-9,11,14H,2-5,10H2,1H3,(H,21,26)/t11-,14-/m1/s1. The maximum Gasteiger partial charge on any atom is 0.573 e. The number of tetrazole rings is 1. The van der Waals surface area contributed by atoms with E-state index >= 15 is 0 Å². The summed E-state index contributed by atoms with van der Waals surface area (Å²) in [5.41, 5.74) is 0.461. The number of carbonyl (C=O) groups is 1. The molecule has 152 valence electrons. The molecule has 1 aliphatic rings. The molecule has 2 aromatic rings. The van der Waals surface area contributed by atoms with Gasteiger partial charge in [0.2, 0.25) is 11.1 Å². The minimum Gasteiger partial charge on any atom is -0.406 e. The molecule has 1 amide bonds. The lowest BCUT2D eigenvalue weighted by atomic mass is 9.86. The Balaban J connectivity index is 1.58. The molecule has 0 saturated heterocycles. The number of benzene rings is 1. The molecular weight excluding hydrogens is 395 g/mol. The fourth-order valence-corrected chi connectivity index (χ4v) is 3.83. The van der Waals surface area contributed by atoms with Crippen LogP contribution in [0.2, 0.25) is 0 Å². The fraction of sp³-hybridized carbons (Fsp3) is 0.529. The Morgan fingerprint density at radius 3 is 2.68 bits per heavy atom. The van der Waals surface area contributed by atoms with E-state index in [2.05, 4.69) is 32.5 Å². The van der Waals surface area contributed by atoms with E-state index in [9.17, 15) is 18.0 Å². The maximum atomic E-state index is 12.2. The lowest BCUT2D eigenvalue weighted by molar-refractivity contribution is -0.274. The third-order valence-electron chi connectivity index (χ3n) is 4.55. The van der Waals surface area contributed by atoms with Crippen molar-refractivity contribution in [1.29, 1.82) is 0 Å². The summed E-state index contributed by atoms with van der Waals surface area (Å²) in [6.45, 7) is 2.14. The molecular formula is C17H20F3N5O2S. The van der Waals surface area contributed by atoms with Crippen molar-refractivity contribution in [3.63, 3.8) is 0 Å². The number of nitrogens with zero attached hydrogens (tertiary/aromatic N) is 4. The van der Waals surface area contributed by atoms with Crippen LogP contribution in [0.3, 0.4) is 0 Å². The average molecular weight is 415 g/mol. The summed E-state index contributed by atoms with van der Waals surface area (Å²) < 4.78 is 41.9. The highest BCUT2D eigenvalue weighted by molar-refractivity contribution is 7.99. The quantitative estimate of drug-likeness (QED) is 0.729. The van der Waals surface area contributed by atoms with E-state index in [0.717, 1.165) is 31.0 Å². The van der Waals surface area contributed by atoms with Crippen molar-refractivity contribution in [3.8, 4) is 11.4 Å². The van der Waals surface area contributed by atoms with Crippen molar-refractivity contribution in [2.45, 2.75) is 50.2 Å². The summed E-state index contributed by atoms with van der Waals surface area (Å²) >= 11 is 1.16. The van der Waals surface area contributed by atoms with Crippen molar-refractivity contribution in [2.75, 3.05) is 5.75 Å². The summed E-state index contributed by atoms with van der Waals surface area (Å²) in [4.78, 5) is 12.2. The van der Waals surface area contributed by atoms with Crippen molar-refractivity contribution >= 4 is 17.7 Å². The molecule has 0 aliphatic heterocycles. The minimum atomic E-state index is -4.75. The second-order valence-corrected chi connectivity index (χ2v) is 7.58. The van der Waals surface area contributed by atoms with Crippen molar-refractivity contribution in [3.05, 3.63) is 24.3 Å². The van der Waals surface area contributed by atoms with E-state index in [1.54, 1.807) is 0 Å². The number of amides is 1. The normalized spacial score (nSPS) is 20.0. The molecule has 1 saturated carbocycles. The highest BCUT2D eigenvalue weighted by Crippen LogP contribution is 2.26. The number of rotatable bonds is 6. The number of alkyl halides is 3. The first-order chi connectivity index (χ1) is 13.3. The largest absolute Gasteiger partial charge is 0.573 e. The van der Waals surface area contributed by atoms with Crippen LogP contribution in [0.15, 0.2) is 29.4 Å². The Morgan fingerprint density at radius 2 is 2.00 bits per heavy atom. The van der Waals surface area contributed by atoms with Gasteiger partial charge in [-0.1, -0.05) is 31.5 Å². The van der Waals surface area contributed by atoms with Crippen LogP contribution in [0.4, 0.5) is 13.2 Å². The van der Waals surface area contributed by atoms with Gasteiger partial charge in [0.1, 0.15) is 5.75 Å². The maximum absolute atomic E-state index is 12.2. The van der Waals surface area contributed by atoms with Gasteiger partial charge in [-0.25, -0.2) is 0 Å². The van der Waals surface area contributed by atoms with Crippen molar-refractivity contribution < 1.29 is 22.7 Å². The minimum absolute atomic E-state index is 0.0905. The second kappa shape index (κ2) is 8.80. The number of aromatic nitrogens is 4. The number of hydrogen-bond donors (Lipinski definition) is 1. The van der Waals surface area contributed by atoms with Gasteiger partial charge in [0, 0.05) is 6.04 Å². The van der Waals surface area contributed by atoms with Crippen LogP contribution in [0.25, 0.3) is 5.69 Å². The topological polar surface area (TPSA) is 81.9 Å². The van der Waals surface area contributed by atoms with E-state index in [0.29, 0.717) is 16.8 Å². The molecule has 11 heteroatoms. The van der Waals surface area contributed by atoms with E-state index in [1.165, 1.54) is 35.4 Å². The molecule has 1 fully saturated rings. The zero-order valence-electron chi connectivity index (χ0n) is 15.1. The Kier molecular flexibility index (Phi) is 6.42. The zero-order valence-corrected chi connectivity index (χ0v) is 16.0. The van der Waals surface area contributed by atoms with Crippen molar-refractivity contribution in [1.82, 2.24) is 25.5 Å². The molecule has 1 aromatic carbocycles. The molecule has 28 heavy (non-hydrogen) atoms. The fourth-order valence-electron chi connectivity index (χ4n) is 3.13. The van der Waals surface area contributed by atoms with Gasteiger partial charge in [-0.15, -0.1) is 18.3 Å². The molecule has 2 atom stereocenters. The van der Waals surface area contributed by atoms with Gasteiger partial charge in [-0.05, 0) is 53.5 Å². The second-order valence-electron chi connectivity index (χ2n) is 6.64. The molecule has 0 unspecified atom stereocenters. The van der Waals surface area contributed by atoms with Crippen LogP contribution in [0.1, 0.15) is 32.6 Å². The molecule has 0 radical (unpaired) electrons. The summed E-state index contributed by atoms with van der Waals surface area (Å²) in [5, 5.41) is 14.7. The first-order valence-corrected chi connectivity index (χ1v) is 9.87.